The fourth-order valence-electron chi connectivity index (χ4n) is 1.83. The van der Waals surface area contributed by atoms with Crippen LogP contribution in [0.5, 0.6) is 0 Å². The Bertz CT molecular complexity index is 599. The summed E-state index contributed by atoms with van der Waals surface area (Å²) in [6.07, 6.45) is 0. The molecule has 0 bridgehead atoms. The number of carbonyl (C=O) groups excluding carboxylic acids is 1. The van der Waals surface area contributed by atoms with Crippen molar-refractivity contribution in [3.63, 3.8) is 0 Å². The molecule has 0 aliphatic carbocycles. The molecule has 6 nitrogen and oxygen atoms in total. The van der Waals surface area contributed by atoms with E-state index in [1.54, 1.807) is 12.1 Å². The van der Waals surface area contributed by atoms with Gasteiger partial charge < -0.3 is 15.7 Å². The van der Waals surface area contributed by atoms with Gasteiger partial charge in [-0.3, -0.25) is 4.79 Å². The van der Waals surface area contributed by atoms with Gasteiger partial charge >= 0.3 is 0 Å². The van der Waals surface area contributed by atoms with Gasteiger partial charge in [-0.1, -0.05) is 24.3 Å². The van der Waals surface area contributed by atoms with E-state index in [0.717, 1.165) is 11.1 Å². The number of aliphatic hydroxyl groups excluding tert-OH is 1. The van der Waals surface area contributed by atoms with Crippen molar-refractivity contribution in [3.05, 3.63) is 53.2 Å². The van der Waals surface area contributed by atoms with Gasteiger partial charge in [-0.15, -0.1) is 10.2 Å². The zero-order chi connectivity index (χ0) is 15.1. The first-order valence-electron chi connectivity index (χ1n) is 6.77. The SMILES string of the molecule is CCNC(=O)c1ccc(NCc2cccc(CO)c2)nn1. The largest absolute Gasteiger partial charge is 0.392 e. The van der Waals surface area contributed by atoms with Gasteiger partial charge in [-0.25, -0.2) is 0 Å². The van der Waals surface area contributed by atoms with Crippen LogP contribution in [0.1, 0.15) is 28.5 Å². The van der Waals surface area contributed by atoms with Gasteiger partial charge in [-0.2, -0.15) is 0 Å². The summed E-state index contributed by atoms with van der Waals surface area (Å²) >= 11 is 0. The van der Waals surface area contributed by atoms with Crippen LogP contribution in [0.15, 0.2) is 36.4 Å². The Morgan fingerprint density at radius 2 is 2.00 bits per heavy atom. The lowest BCUT2D eigenvalue weighted by Crippen LogP contribution is -2.24. The number of hydrogen-bond acceptors (Lipinski definition) is 5. The quantitative estimate of drug-likeness (QED) is 0.745. The normalized spacial score (nSPS) is 10.2. The second-order valence-electron chi connectivity index (χ2n) is 4.49. The third-order valence-corrected chi connectivity index (χ3v) is 2.88. The number of aromatic nitrogens is 2. The van der Waals surface area contributed by atoms with Crippen molar-refractivity contribution in [1.29, 1.82) is 0 Å². The molecule has 6 heteroatoms. The zero-order valence-electron chi connectivity index (χ0n) is 11.8. The Balaban J connectivity index is 1.95. The monoisotopic (exact) mass is 286 g/mol. The lowest BCUT2D eigenvalue weighted by atomic mass is 10.1. The molecular formula is C15H18N4O2. The predicted molar refractivity (Wildman–Crippen MR) is 79.7 cm³/mol. The maximum Gasteiger partial charge on any atom is 0.271 e. The van der Waals surface area contributed by atoms with E-state index in [1.807, 2.05) is 31.2 Å². The van der Waals surface area contributed by atoms with Crippen LogP contribution in [0, 0.1) is 0 Å². The van der Waals surface area contributed by atoms with E-state index in [2.05, 4.69) is 20.8 Å². The number of nitrogens with one attached hydrogen (secondary N) is 2. The van der Waals surface area contributed by atoms with Crippen LogP contribution in [0.4, 0.5) is 5.82 Å². The molecule has 0 aliphatic rings. The number of rotatable bonds is 6. The molecule has 2 aromatic rings. The number of hydrogen-bond donors (Lipinski definition) is 3. The van der Waals surface area contributed by atoms with Crippen molar-refractivity contribution in [3.8, 4) is 0 Å². The molecule has 0 atom stereocenters. The molecule has 0 spiro atoms. The number of benzene rings is 1. The van der Waals surface area contributed by atoms with E-state index in [-0.39, 0.29) is 12.5 Å². The van der Waals surface area contributed by atoms with Crippen LogP contribution in [0.2, 0.25) is 0 Å². The van der Waals surface area contributed by atoms with Crippen molar-refractivity contribution < 1.29 is 9.90 Å². The van der Waals surface area contributed by atoms with E-state index >= 15 is 0 Å². The summed E-state index contributed by atoms with van der Waals surface area (Å²) in [6.45, 7) is 3.00. The van der Waals surface area contributed by atoms with Gasteiger partial charge in [0.15, 0.2) is 5.69 Å². The van der Waals surface area contributed by atoms with Gasteiger partial charge in [0.05, 0.1) is 6.61 Å². The van der Waals surface area contributed by atoms with Crippen molar-refractivity contribution in [2.24, 2.45) is 0 Å². The summed E-state index contributed by atoms with van der Waals surface area (Å²) in [4.78, 5) is 11.5. The summed E-state index contributed by atoms with van der Waals surface area (Å²) < 4.78 is 0. The third kappa shape index (κ3) is 4.25. The molecule has 1 aromatic heterocycles. The fourth-order valence-corrected chi connectivity index (χ4v) is 1.83. The third-order valence-electron chi connectivity index (χ3n) is 2.88. The highest BCUT2D eigenvalue weighted by molar-refractivity contribution is 5.92. The second-order valence-corrected chi connectivity index (χ2v) is 4.49. The molecule has 0 aliphatic heterocycles. The van der Waals surface area contributed by atoms with Gasteiger partial charge in [0.1, 0.15) is 5.82 Å². The number of carbonyl (C=O) groups is 1. The summed E-state index contributed by atoms with van der Waals surface area (Å²) in [5, 5.41) is 22.7. The molecule has 0 saturated carbocycles. The molecule has 110 valence electrons. The Morgan fingerprint density at radius 3 is 2.67 bits per heavy atom. The van der Waals surface area contributed by atoms with Crippen molar-refractivity contribution in [2.75, 3.05) is 11.9 Å². The highest BCUT2D eigenvalue weighted by Gasteiger charge is 2.06. The van der Waals surface area contributed by atoms with Gasteiger partial charge in [0.25, 0.3) is 5.91 Å². The lowest BCUT2D eigenvalue weighted by molar-refractivity contribution is 0.0950. The molecule has 1 heterocycles. The highest BCUT2D eigenvalue weighted by atomic mass is 16.3. The number of amides is 1. The Morgan fingerprint density at radius 1 is 1.19 bits per heavy atom. The Kier molecular flexibility index (Phi) is 5.22. The first-order chi connectivity index (χ1) is 10.2. The summed E-state index contributed by atoms with van der Waals surface area (Å²) in [5.41, 5.74) is 2.20. The predicted octanol–water partition coefficient (Wildman–Crippen LogP) is 1.33. The number of aliphatic hydroxyl groups is 1. The van der Waals surface area contributed by atoms with Crippen LogP contribution >= 0.6 is 0 Å². The number of anilines is 1. The van der Waals surface area contributed by atoms with E-state index in [9.17, 15) is 4.79 Å². The van der Waals surface area contributed by atoms with Crippen molar-refractivity contribution >= 4 is 11.7 Å². The summed E-state index contributed by atoms with van der Waals surface area (Å²) in [7, 11) is 0. The van der Waals surface area contributed by atoms with Gasteiger partial charge in [0, 0.05) is 13.1 Å². The topological polar surface area (TPSA) is 87.1 Å². The second kappa shape index (κ2) is 7.35. The van der Waals surface area contributed by atoms with Crippen LogP contribution in [0.25, 0.3) is 0 Å². The first-order valence-corrected chi connectivity index (χ1v) is 6.77. The fraction of sp³-hybridized carbons (Fsp3) is 0.267. The van der Waals surface area contributed by atoms with Gasteiger partial charge in [-0.05, 0) is 30.2 Å². The van der Waals surface area contributed by atoms with E-state index in [0.29, 0.717) is 24.6 Å². The summed E-state index contributed by atoms with van der Waals surface area (Å²) in [5.74, 6) is 0.365. The van der Waals surface area contributed by atoms with E-state index < -0.39 is 0 Å². The average Bonchev–Trinajstić information content (AvgIpc) is 2.54. The minimum absolute atomic E-state index is 0.0227. The van der Waals surface area contributed by atoms with Crippen LogP contribution in [0.3, 0.4) is 0 Å². The van der Waals surface area contributed by atoms with Crippen molar-refractivity contribution in [1.82, 2.24) is 15.5 Å². The lowest BCUT2D eigenvalue weighted by Gasteiger charge is -2.07. The van der Waals surface area contributed by atoms with Crippen molar-refractivity contribution in [2.45, 2.75) is 20.1 Å². The Hall–Kier alpha value is -2.47. The maximum absolute atomic E-state index is 11.5. The van der Waals surface area contributed by atoms with E-state index in [1.165, 1.54) is 0 Å². The standard InChI is InChI=1S/C15H18N4O2/c1-2-16-15(21)13-6-7-14(19-18-13)17-9-11-4-3-5-12(8-11)10-20/h3-8,20H,2,9-10H2,1H3,(H,16,21)(H,17,19). The maximum atomic E-state index is 11.5. The average molecular weight is 286 g/mol. The molecule has 0 saturated heterocycles. The minimum Gasteiger partial charge on any atom is -0.392 e. The molecule has 0 unspecified atom stereocenters. The number of nitrogens with zero attached hydrogens (tertiary/aromatic N) is 2. The smallest absolute Gasteiger partial charge is 0.271 e. The zero-order valence-corrected chi connectivity index (χ0v) is 11.8. The molecule has 1 aromatic carbocycles. The highest BCUT2D eigenvalue weighted by Crippen LogP contribution is 2.08. The molecular weight excluding hydrogens is 268 g/mol. The van der Waals surface area contributed by atoms with E-state index in [4.69, 9.17) is 5.11 Å². The first kappa shape index (κ1) is 14.9. The molecule has 21 heavy (non-hydrogen) atoms. The molecule has 0 radical (unpaired) electrons. The van der Waals surface area contributed by atoms with Crippen LogP contribution in [-0.4, -0.2) is 27.8 Å². The molecule has 2 rings (SSSR count). The Labute approximate surface area is 123 Å². The molecule has 0 fully saturated rings. The molecule has 1 amide bonds. The van der Waals surface area contributed by atoms with Crippen LogP contribution < -0.4 is 10.6 Å². The minimum atomic E-state index is -0.229. The molecule has 3 N–H and O–H groups in total. The summed E-state index contributed by atoms with van der Waals surface area (Å²) in [6, 6.07) is 11.0. The van der Waals surface area contributed by atoms with Crippen LogP contribution in [-0.2, 0) is 13.2 Å². The van der Waals surface area contributed by atoms with Gasteiger partial charge in [0.2, 0.25) is 0 Å².